The Morgan fingerprint density at radius 2 is 1.89 bits per heavy atom. The normalized spacial score (nSPS) is 10.1. The van der Waals surface area contributed by atoms with Gasteiger partial charge < -0.3 is 5.32 Å². The summed E-state index contributed by atoms with van der Waals surface area (Å²) in [6.45, 7) is 2.64. The number of aryl methyl sites for hydroxylation is 1. The Balaban J connectivity index is 1.98. The lowest BCUT2D eigenvalue weighted by Crippen LogP contribution is -2.22. The van der Waals surface area contributed by atoms with Crippen molar-refractivity contribution >= 4 is 17.4 Å². The van der Waals surface area contributed by atoms with Crippen molar-refractivity contribution in [3.63, 3.8) is 0 Å². The summed E-state index contributed by atoms with van der Waals surface area (Å²) < 4.78 is 0. The first-order valence-electron chi connectivity index (χ1n) is 5.79. The minimum Gasteiger partial charge on any atom is -0.366 e. The van der Waals surface area contributed by atoms with E-state index in [-0.39, 0.29) is 0 Å². The molecular formula is C15H15ClN2. The highest BCUT2D eigenvalue weighted by Crippen LogP contribution is 2.10. The van der Waals surface area contributed by atoms with Gasteiger partial charge in [0.25, 0.3) is 0 Å². The zero-order valence-electron chi connectivity index (χ0n) is 10.2. The van der Waals surface area contributed by atoms with Gasteiger partial charge in [0.1, 0.15) is 5.84 Å². The lowest BCUT2D eigenvalue weighted by molar-refractivity contribution is 0.908. The van der Waals surface area contributed by atoms with Crippen LogP contribution in [-0.4, -0.2) is 5.84 Å². The maximum atomic E-state index is 7.96. The average molecular weight is 259 g/mol. The van der Waals surface area contributed by atoms with Crippen LogP contribution in [0, 0.1) is 12.3 Å². The Morgan fingerprint density at radius 1 is 1.17 bits per heavy atom. The van der Waals surface area contributed by atoms with Crippen molar-refractivity contribution < 1.29 is 0 Å². The van der Waals surface area contributed by atoms with Crippen molar-refractivity contribution in [1.82, 2.24) is 5.32 Å². The second-order valence-electron chi connectivity index (χ2n) is 4.22. The van der Waals surface area contributed by atoms with Crippen molar-refractivity contribution in [1.29, 1.82) is 5.41 Å². The lowest BCUT2D eigenvalue weighted by Gasteiger charge is -2.08. The quantitative estimate of drug-likeness (QED) is 0.638. The van der Waals surface area contributed by atoms with Gasteiger partial charge in [0.15, 0.2) is 0 Å². The molecule has 0 unspecified atom stereocenters. The molecule has 0 heterocycles. The Kier molecular flexibility index (Phi) is 4.00. The van der Waals surface area contributed by atoms with E-state index in [2.05, 4.69) is 5.32 Å². The van der Waals surface area contributed by atoms with Crippen LogP contribution in [0.1, 0.15) is 16.7 Å². The second kappa shape index (κ2) is 5.69. The van der Waals surface area contributed by atoms with E-state index in [1.807, 2.05) is 55.5 Å². The molecule has 2 N–H and O–H groups in total. The van der Waals surface area contributed by atoms with Gasteiger partial charge in [-0.3, -0.25) is 5.41 Å². The molecule has 0 aliphatic rings. The third-order valence-electron chi connectivity index (χ3n) is 2.70. The zero-order valence-corrected chi connectivity index (χ0v) is 11.0. The minimum absolute atomic E-state index is 0.426. The molecule has 0 radical (unpaired) electrons. The molecule has 0 amide bonds. The molecule has 2 nitrogen and oxygen atoms in total. The summed E-state index contributed by atoms with van der Waals surface area (Å²) in [5, 5.41) is 11.8. The van der Waals surface area contributed by atoms with Crippen LogP contribution in [0.25, 0.3) is 0 Å². The van der Waals surface area contributed by atoms with Crippen molar-refractivity contribution in [2.75, 3.05) is 0 Å². The number of nitrogens with one attached hydrogen (secondary N) is 2. The first-order chi connectivity index (χ1) is 8.65. The fraction of sp³-hybridized carbons (Fsp3) is 0.133. The van der Waals surface area contributed by atoms with E-state index in [0.29, 0.717) is 12.4 Å². The first-order valence-corrected chi connectivity index (χ1v) is 6.17. The number of amidine groups is 1. The van der Waals surface area contributed by atoms with Crippen LogP contribution in [0.3, 0.4) is 0 Å². The zero-order chi connectivity index (χ0) is 13.0. The largest absolute Gasteiger partial charge is 0.366 e. The number of hydrogen-bond acceptors (Lipinski definition) is 1. The van der Waals surface area contributed by atoms with E-state index in [0.717, 1.165) is 16.1 Å². The van der Waals surface area contributed by atoms with Crippen molar-refractivity contribution in [3.05, 3.63) is 70.2 Å². The van der Waals surface area contributed by atoms with Crippen LogP contribution in [0.15, 0.2) is 48.5 Å². The van der Waals surface area contributed by atoms with Gasteiger partial charge in [0.05, 0.1) is 0 Å². The van der Waals surface area contributed by atoms with Gasteiger partial charge in [-0.25, -0.2) is 0 Å². The third kappa shape index (κ3) is 3.34. The average Bonchev–Trinajstić information content (AvgIpc) is 2.37. The summed E-state index contributed by atoms with van der Waals surface area (Å²) in [5.41, 5.74) is 3.16. The highest BCUT2D eigenvalue weighted by Gasteiger charge is 2.01. The molecular weight excluding hydrogens is 244 g/mol. The molecule has 18 heavy (non-hydrogen) atoms. The molecule has 3 heteroatoms. The topological polar surface area (TPSA) is 35.9 Å². The van der Waals surface area contributed by atoms with Crippen LogP contribution < -0.4 is 5.32 Å². The standard InChI is InChI=1S/C15H15ClN2/c1-11-5-7-13(8-6-11)15(17)18-10-12-3-2-4-14(16)9-12/h2-9H,10H2,1H3,(H2,17,18). The minimum atomic E-state index is 0.426. The molecule has 0 aliphatic carbocycles. The lowest BCUT2D eigenvalue weighted by atomic mass is 10.1. The Morgan fingerprint density at radius 3 is 2.56 bits per heavy atom. The van der Waals surface area contributed by atoms with Gasteiger partial charge in [-0.2, -0.15) is 0 Å². The number of hydrogen-bond donors (Lipinski definition) is 2. The van der Waals surface area contributed by atoms with Gasteiger partial charge in [0, 0.05) is 17.1 Å². The summed E-state index contributed by atoms with van der Waals surface area (Å²) in [4.78, 5) is 0. The van der Waals surface area contributed by atoms with Crippen LogP contribution >= 0.6 is 11.6 Å². The van der Waals surface area contributed by atoms with E-state index >= 15 is 0 Å². The fourth-order valence-corrected chi connectivity index (χ4v) is 1.87. The number of benzene rings is 2. The summed E-state index contributed by atoms with van der Waals surface area (Å²) in [6.07, 6.45) is 0. The van der Waals surface area contributed by atoms with Gasteiger partial charge in [-0.15, -0.1) is 0 Å². The summed E-state index contributed by atoms with van der Waals surface area (Å²) in [6, 6.07) is 15.5. The van der Waals surface area contributed by atoms with Gasteiger partial charge in [-0.1, -0.05) is 53.6 Å². The first kappa shape index (κ1) is 12.7. The van der Waals surface area contributed by atoms with Crippen LogP contribution in [0.2, 0.25) is 5.02 Å². The SMILES string of the molecule is Cc1ccc(C(=N)NCc2cccc(Cl)c2)cc1. The van der Waals surface area contributed by atoms with E-state index < -0.39 is 0 Å². The number of rotatable bonds is 3. The number of halogens is 1. The van der Waals surface area contributed by atoms with E-state index in [9.17, 15) is 0 Å². The molecule has 2 aromatic carbocycles. The summed E-state index contributed by atoms with van der Waals surface area (Å²) >= 11 is 5.91. The van der Waals surface area contributed by atoms with Crippen LogP contribution in [-0.2, 0) is 6.54 Å². The Bertz CT molecular complexity index is 547. The van der Waals surface area contributed by atoms with Crippen LogP contribution in [0.4, 0.5) is 0 Å². The van der Waals surface area contributed by atoms with Crippen molar-refractivity contribution in [3.8, 4) is 0 Å². The molecule has 92 valence electrons. The molecule has 2 rings (SSSR count). The molecule has 0 fully saturated rings. The maximum absolute atomic E-state index is 7.96. The second-order valence-corrected chi connectivity index (χ2v) is 4.66. The molecule has 0 bridgehead atoms. The molecule has 0 saturated carbocycles. The highest BCUT2D eigenvalue weighted by molar-refractivity contribution is 6.30. The molecule has 0 aromatic heterocycles. The maximum Gasteiger partial charge on any atom is 0.125 e. The van der Waals surface area contributed by atoms with Gasteiger partial charge >= 0.3 is 0 Å². The Labute approximate surface area is 112 Å². The van der Waals surface area contributed by atoms with Crippen molar-refractivity contribution in [2.45, 2.75) is 13.5 Å². The fourth-order valence-electron chi connectivity index (χ4n) is 1.66. The third-order valence-corrected chi connectivity index (χ3v) is 2.93. The van der Waals surface area contributed by atoms with Gasteiger partial charge in [0.2, 0.25) is 0 Å². The Hall–Kier alpha value is -1.80. The highest BCUT2D eigenvalue weighted by atomic mass is 35.5. The van der Waals surface area contributed by atoms with E-state index in [4.69, 9.17) is 17.0 Å². The summed E-state index contributed by atoms with van der Waals surface area (Å²) in [7, 11) is 0. The van der Waals surface area contributed by atoms with E-state index in [1.54, 1.807) is 0 Å². The predicted octanol–water partition coefficient (Wildman–Crippen LogP) is 3.76. The molecule has 0 saturated heterocycles. The smallest absolute Gasteiger partial charge is 0.125 e. The van der Waals surface area contributed by atoms with Crippen molar-refractivity contribution in [2.24, 2.45) is 0 Å². The van der Waals surface area contributed by atoms with Crippen LogP contribution in [0.5, 0.6) is 0 Å². The molecule has 0 atom stereocenters. The monoisotopic (exact) mass is 258 g/mol. The summed E-state index contributed by atoms with van der Waals surface area (Å²) in [5.74, 6) is 0.426. The predicted molar refractivity (Wildman–Crippen MR) is 76.3 cm³/mol. The molecule has 0 spiro atoms. The molecule has 0 aliphatic heterocycles. The molecule has 2 aromatic rings. The van der Waals surface area contributed by atoms with Gasteiger partial charge in [-0.05, 0) is 24.6 Å². The van der Waals surface area contributed by atoms with E-state index in [1.165, 1.54) is 5.56 Å².